The third kappa shape index (κ3) is 3.11. The highest BCUT2D eigenvalue weighted by atomic mass is 32.2. The Labute approximate surface area is 117 Å². The Kier molecular flexibility index (Phi) is 2.14. The first-order valence-corrected chi connectivity index (χ1v) is 6.47. The van der Waals surface area contributed by atoms with Crippen molar-refractivity contribution in [3.05, 3.63) is 60.0 Å². The molecule has 0 aliphatic rings. The van der Waals surface area contributed by atoms with Crippen LogP contribution in [0.3, 0.4) is 0 Å². The number of carboxylic acids is 1. The van der Waals surface area contributed by atoms with Gasteiger partial charge >= 0.3 is 5.97 Å². The van der Waals surface area contributed by atoms with Gasteiger partial charge in [0.1, 0.15) is 0 Å². The maximum Gasteiger partial charge on any atom is 0.335 e. The first-order chi connectivity index (χ1) is 11.1. The van der Waals surface area contributed by atoms with Gasteiger partial charge in [0.05, 0.1) is 17.3 Å². The molecule has 0 aliphatic heterocycles. The molecule has 2 aromatic carbocycles. The highest BCUT2D eigenvalue weighted by Gasteiger charge is 2.15. The number of rotatable bonds is 4. The minimum absolute atomic E-state index is 0.265. The minimum atomic E-state index is -4.34. The molecule has 19 heavy (non-hydrogen) atoms. The SMILES string of the molecule is [2H]c1c([2H])c([2H])c(NS(=O)(=O)c2cccc(C(=O)O)c2)c([2H])c1[2H]. The fourth-order valence-corrected chi connectivity index (χ4v) is 2.32. The van der Waals surface area contributed by atoms with E-state index in [4.69, 9.17) is 12.0 Å². The van der Waals surface area contributed by atoms with E-state index in [0.717, 1.165) is 12.1 Å². The van der Waals surface area contributed by atoms with Crippen molar-refractivity contribution < 1.29 is 25.2 Å². The summed E-state index contributed by atoms with van der Waals surface area (Å²) in [7, 11) is -4.34. The molecule has 0 radical (unpaired) electrons. The third-order valence-corrected chi connectivity index (χ3v) is 3.48. The third-order valence-electron chi connectivity index (χ3n) is 2.13. The van der Waals surface area contributed by atoms with E-state index < -0.39 is 56.8 Å². The van der Waals surface area contributed by atoms with Crippen LogP contribution in [0.2, 0.25) is 0 Å². The predicted octanol–water partition coefficient (Wildman–Crippen LogP) is 2.19. The Morgan fingerprint density at radius 3 is 2.53 bits per heavy atom. The van der Waals surface area contributed by atoms with E-state index in [1.54, 1.807) is 0 Å². The van der Waals surface area contributed by atoms with Crippen LogP contribution in [0.1, 0.15) is 17.2 Å². The quantitative estimate of drug-likeness (QED) is 0.900. The van der Waals surface area contributed by atoms with Crippen LogP contribution in [0.4, 0.5) is 5.69 Å². The summed E-state index contributed by atoms with van der Waals surface area (Å²) in [5.74, 6) is -1.32. The summed E-state index contributed by atoms with van der Waals surface area (Å²) in [5.41, 5.74) is -0.874. The molecule has 98 valence electrons. The number of hydrogen-bond acceptors (Lipinski definition) is 3. The normalized spacial score (nSPS) is 14.6. The van der Waals surface area contributed by atoms with Gasteiger partial charge in [0, 0.05) is 5.69 Å². The first kappa shape index (κ1) is 7.96. The summed E-state index contributed by atoms with van der Waals surface area (Å²) in [4.78, 5) is 10.5. The molecule has 6 heteroatoms. The van der Waals surface area contributed by atoms with Crippen molar-refractivity contribution in [2.75, 3.05) is 4.72 Å². The maximum absolute atomic E-state index is 12.3. The summed E-state index contributed by atoms with van der Waals surface area (Å²) in [6.07, 6.45) is 0. The van der Waals surface area contributed by atoms with Crippen LogP contribution in [-0.2, 0) is 10.0 Å². The van der Waals surface area contributed by atoms with Crippen molar-refractivity contribution in [1.29, 1.82) is 0 Å². The Bertz CT molecular complexity index is 917. The molecule has 0 spiro atoms. The zero-order chi connectivity index (χ0) is 18.2. The predicted molar refractivity (Wildman–Crippen MR) is 70.7 cm³/mol. The summed E-state index contributed by atoms with van der Waals surface area (Å²) < 4.78 is 64.5. The Morgan fingerprint density at radius 2 is 1.89 bits per heavy atom. The molecule has 0 fully saturated rings. The van der Waals surface area contributed by atoms with Crippen LogP contribution in [0, 0.1) is 0 Å². The molecule has 0 aromatic heterocycles. The molecule has 2 N–H and O–H groups in total. The second kappa shape index (κ2) is 5.11. The molecular weight excluding hydrogens is 266 g/mol. The average molecular weight is 282 g/mol. The Hall–Kier alpha value is -2.34. The number of carbonyl (C=O) groups is 1. The molecule has 0 saturated heterocycles. The fraction of sp³-hybridized carbons (Fsp3) is 0. The van der Waals surface area contributed by atoms with Gasteiger partial charge in [0.2, 0.25) is 0 Å². The summed E-state index contributed by atoms with van der Waals surface area (Å²) in [6, 6.07) is 1.01. The number of carboxylic acid groups (broad SMARTS) is 1. The highest BCUT2D eigenvalue weighted by Crippen LogP contribution is 2.16. The molecular formula is C13H11NO4S. The molecule has 2 aromatic rings. The number of para-hydroxylation sites is 1. The van der Waals surface area contributed by atoms with Gasteiger partial charge in [0.25, 0.3) is 10.0 Å². The second-order valence-corrected chi connectivity index (χ2v) is 5.12. The van der Waals surface area contributed by atoms with Gasteiger partial charge in [-0.15, -0.1) is 0 Å². The standard InChI is InChI=1S/C13H11NO4S/c15-13(16)10-5-4-8-12(9-10)19(17,18)14-11-6-2-1-3-7-11/h1-9,14H,(H,15,16)/i1D,2D,3D,6D,7D. The Morgan fingerprint density at radius 1 is 1.21 bits per heavy atom. The van der Waals surface area contributed by atoms with Gasteiger partial charge < -0.3 is 5.11 Å². The van der Waals surface area contributed by atoms with E-state index in [-0.39, 0.29) is 5.56 Å². The van der Waals surface area contributed by atoms with Crippen molar-refractivity contribution in [2.24, 2.45) is 0 Å². The van der Waals surface area contributed by atoms with Crippen molar-refractivity contribution >= 4 is 21.7 Å². The molecule has 0 amide bonds. The summed E-state index contributed by atoms with van der Waals surface area (Å²) in [5, 5.41) is 8.91. The largest absolute Gasteiger partial charge is 0.478 e. The lowest BCUT2D eigenvalue weighted by molar-refractivity contribution is 0.0696. The molecule has 5 nitrogen and oxygen atoms in total. The van der Waals surface area contributed by atoms with Gasteiger partial charge in [-0.1, -0.05) is 24.2 Å². The molecule has 0 heterocycles. The highest BCUT2D eigenvalue weighted by molar-refractivity contribution is 7.92. The molecule has 0 atom stereocenters. The summed E-state index contributed by atoms with van der Waals surface area (Å²) in [6.45, 7) is 0. The van der Waals surface area contributed by atoms with Crippen molar-refractivity contribution in [1.82, 2.24) is 0 Å². The molecule has 2 rings (SSSR count). The lowest BCUT2D eigenvalue weighted by Crippen LogP contribution is -2.13. The number of benzene rings is 2. The zero-order valence-corrected chi connectivity index (χ0v) is 10.2. The number of anilines is 1. The lowest BCUT2D eigenvalue weighted by atomic mass is 10.2. The van der Waals surface area contributed by atoms with Crippen LogP contribution in [0.5, 0.6) is 0 Å². The van der Waals surface area contributed by atoms with Gasteiger partial charge in [-0.2, -0.15) is 0 Å². The monoisotopic (exact) mass is 282 g/mol. The van der Waals surface area contributed by atoms with Crippen LogP contribution < -0.4 is 4.72 Å². The number of hydrogen-bond donors (Lipinski definition) is 2. The maximum atomic E-state index is 12.3. The first-order valence-electron chi connectivity index (χ1n) is 7.49. The molecule has 0 bridgehead atoms. The summed E-state index contributed by atoms with van der Waals surface area (Å²) >= 11 is 0. The van der Waals surface area contributed by atoms with Crippen molar-refractivity contribution in [3.8, 4) is 0 Å². The van der Waals surface area contributed by atoms with Crippen LogP contribution >= 0.6 is 0 Å². The Balaban J connectivity index is 2.55. The molecule has 0 aliphatic carbocycles. The van der Waals surface area contributed by atoms with E-state index in [1.165, 1.54) is 12.1 Å². The van der Waals surface area contributed by atoms with Crippen LogP contribution in [-0.4, -0.2) is 19.5 Å². The average Bonchev–Trinajstić information content (AvgIpc) is 2.55. The van der Waals surface area contributed by atoms with E-state index in [0.29, 0.717) is 0 Å². The zero-order valence-electron chi connectivity index (χ0n) is 14.4. The van der Waals surface area contributed by atoms with Crippen LogP contribution in [0.25, 0.3) is 0 Å². The number of aromatic carboxylic acids is 1. The van der Waals surface area contributed by atoms with Gasteiger partial charge in [-0.05, 0) is 30.3 Å². The lowest BCUT2D eigenvalue weighted by Gasteiger charge is -2.08. The van der Waals surface area contributed by atoms with E-state index >= 15 is 0 Å². The minimum Gasteiger partial charge on any atom is -0.478 e. The molecule has 0 saturated carbocycles. The smallest absolute Gasteiger partial charge is 0.335 e. The van der Waals surface area contributed by atoms with Gasteiger partial charge in [0.15, 0.2) is 0 Å². The van der Waals surface area contributed by atoms with Gasteiger partial charge in [-0.3, -0.25) is 4.72 Å². The van der Waals surface area contributed by atoms with E-state index in [9.17, 15) is 13.2 Å². The van der Waals surface area contributed by atoms with Crippen molar-refractivity contribution in [3.63, 3.8) is 0 Å². The topological polar surface area (TPSA) is 83.5 Å². The van der Waals surface area contributed by atoms with Crippen LogP contribution in [0.15, 0.2) is 59.4 Å². The van der Waals surface area contributed by atoms with E-state index in [1.807, 2.05) is 4.72 Å². The van der Waals surface area contributed by atoms with Gasteiger partial charge in [-0.25, -0.2) is 13.2 Å². The number of nitrogens with one attached hydrogen (secondary N) is 1. The van der Waals surface area contributed by atoms with Crippen molar-refractivity contribution in [2.45, 2.75) is 4.90 Å². The second-order valence-electron chi connectivity index (χ2n) is 3.44. The van der Waals surface area contributed by atoms with E-state index in [2.05, 4.69) is 0 Å². The molecule has 0 unspecified atom stereocenters. The number of sulfonamides is 1. The fourth-order valence-electron chi connectivity index (χ4n) is 1.29.